The first-order valence-corrected chi connectivity index (χ1v) is 23.9. The van der Waals surface area contributed by atoms with Crippen LogP contribution in [0.4, 0.5) is 4.79 Å². The molecule has 6 unspecified atom stereocenters. The summed E-state index contributed by atoms with van der Waals surface area (Å²) < 4.78 is 38.5. The van der Waals surface area contributed by atoms with E-state index in [1.54, 1.807) is 22.7 Å². The molecule has 1 amide bonds. The van der Waals surface area contributed by atoms with Gasteiger partial charge < -0.3 is 48.6 Å². The molecule has 0 bridgehead atoms. The molecular formula is C50H66N2O11S. The summed E-state index contributed by atoms with van der Waals surface area (Å²) in [5.41, 5.74) is 3.56. The van der Waals surface area contributed by atoms with Gasteiger partial charge in [-0.1, -0.05) is 60.5 Å². The summed E-state index contributed by atoms with van der Waals surface area (Å²) in [6.07, 6.45) is 10.2. The van der Waals surface area contributed by atoms with Gasteiger partial charge in [0.15, 0.2) is 0 Å². The van der Waals surface area contributed by atoms with Crippen molar-refractivity contribution in [1.82, 2.24) is 4.90 Å². The fourth-order valence-electron chi connectivity index (χ4n) is 9.37. The van der Waals surface area contributed by atoms with E-state index in [2.05, 4.69) is 18.7 Å². The second kappa shape index (κ2) is 25.3. The highest BCUT2D eigenvalue weighted by molar-refractivity contribution is 7.98. The SMILES string of the molecule is C=CCOC12Oc3ccc(Oc4ccc(SC)cc4)cc3C3C(CCCCO)C(CCCCO)C=C(C(=NOCC)CC1N(CCOCCO)C(=O)OCCOCc1ccccc1)C32. The number of aliphatic hydroxyl groups is 3. The third kappa shape index (κ3) is 12.3. The molecule has 0 radical (unpaired) electrons. The van der Waals surface area contributed by atoms with E-state index in [-0.39, 0.29) is 83.6 Å². The number of rotatable bonds is 27. The van der Waals surface area contributed by atoms with Gasteiger partial charge in [-0.2, -0.15) is 0 Å². The van der Waals surface area contributed by atoms with Crippen LogP contribution in [0.1, 0.15) is 68.9 Å². The van der Waals surface area contributed by atoms with Gasteiger partial charge in [0.05, 0.1) is 51.3 Å². The highest BCUT2D eigenvalue weighted by Gasteiger charge is 2.65. The summed E-state index contributed by atoms with van der Waals surface area (Å²) in [5, 5.41) is 34.2. The number of oxime groups is 1. The summed E-state index contributed by atoms with van der Waals surface area (Å²) in [4.78, 5) is 23.2. The molecule has 0 saturated heterocycles. The molecule has 1 saturated carbocycles. The molecule has 1 fully saturated rings. The van der Waals surface area contributed by atoms with Crippen LogP contribution in [0, 0.1) is 17.8 Å². The van der Waals surface area contributed by atoms with E-state index < -0.39 is 23.8 Å². The van der Waals surface area contributed by atoms with E-state index in [1.807, 2.05) is 79.9 Å². The van der Waals surface area contributed by atoms with E-state index >= 15 is 0 Å². The molecule has 3 aliphatic rings. The Bertz CT molecular complexity index is 1960. The van der Waals surface area contributed by atoms with Gasteiger partial charge in [-0.3, -0.25) is 4.90 Å². The molecule has 64 heavy (non-hydrogen) atoms. The molecule has 14 heteroatoms. The molecule has 6 atom stereocenters. The summed E-state index contributed by atoms with van der Waals surface area (Å²) in [6, 6.07) is 22.9. The number of benzene rings is 3. The Morgan fingerprint density at radius 2 is 1.69 bits per heavy atom. The predicted molar refractivity (Wildman–Crippen MR) is 247 cm³/mol. The quantitative estimate of drug-likeness (QED) is 0.0291. The predicted octanol–water partition coefficient (Wildman–Crippen LogP) is 8.52. The lowest BCUT2D eigenvalue weighted by molar-refractivity contribution is -0.256. The number of fused-ring (bicyclic) bond motifs is 2. The molecular weight excluding hydrogens is 837 g/mol. The number of amides is 1. The van der Waals surface area contributed by atoms with Crippen LogP contribution in [0.3, 0.4) is 0 Å². The van der Waals surface area contributed by atoms with Crippen molar-refractivity contribution >= 4 is 23.6 Å². The molecule has 1 heterocycles. The van der Waals surface area contributed by atoms with Crippen LogP contribution in [-0.2, 0) is 30.4 Å². The maximum Gasteiger partial charge on any atom is 0.410 e. The van der Waals surface area contributed by atoms with Crippen molar-refractivity contribution in [3.8, 4) is 17.2 Å². The monoisotopic (exact) mass is 902 g/mol. The first-order chi connectivity index (χ1) is 31.4. The van der Waals surface area contributed by atoms with Crippen LogP contribution >= 0.6 is 11.8 Å². The Morgan fingerprint density at radius 1 is 0.922 bits per heavy atom. The second-order valence-electron chi connectivity index (χ2n) is 16.1. The van der Waals surface area contributed by atoms with Gasteiger partial charge in [-0.05, 0) is 104 Å². The minimum atomic E-state index is -1.48. The second-order valence-corrected chi connectivity index (χ2v) is 17.0. The largest absolute Gasteiger partial charge is 0.459 e. The van der Waals surface area contributed by atoms with Gasteiger partial charge in [0.25, 0.3) is 0 Å². The standard InChI is InChI=1S/C50H66N2O11S/c1-4-27-60-50-46(52(23-28-57-29-26-55)49(56)59-31-30-58-35-36-13-7-6-8-14-36)34-44(51-61-5-2)42-32-37(15-9-11-24-53)41(16-10-12-25-54)47(48(42)50)43-33-39(19-22-45(43)63-50)62-38-17-20-40(64-3)21-18-38/h4,6-8,13-14,17-22,32-33,37,41,46-48,53-55H,1,5,9-12,15-16,23-31,34-35H2,2-3H3. The van der Waals surface area contributed by atoms with Crippen molar-refractivity contribution in [2.45, 2.75) is 81.1 Å². The average molecular weight is 903 g/mol. The van der Waals surface area contributed by atoms with Gasteiger partial charge in [0, 0.05) is 42.6 Å². The molecule has 0 spiro atoms. The lowest BCUT2D eigenvalue weighted by Gasteiger charge is -2.59. The zero-order valence-electron chi connectivity index (χ0n) is 37.3. The molecule has 348 valence electrons. The van der Waals surface area contributed by atoms with Crippen LogP contribution < -0.4 is 9.47 Å². The van der Waals surface area contributed by atoms with Crippen molar-refractivity contribution in [3.63, 3.8) is 0 Å². The van der Waals surface area contributed by atoms with Gasteiger partial charge in [0.2, 0.25) is 5.79 Å². The fraction of sp³-hybridized carbons (Fsp3) is 0.520. The molecule has 3 aromatic carbocycles. The maximum absolute atomic E-state index is 14.6. The smallest absolute Gasteiger partial charge is 0.410 e. The Kier molecular flexibility index (Phi) is 19.4. The third-order valence-electron chi connectivity index (χ3n) is 12.1. The minimum Gasteiger partial charge on any atom is -0.459 e. The molecule has 1 aliphatic heterocycles. The normalized spacial score (nSPS) is 22.7. The summed E-state index contributed by atoms with van der Waals surface area (Å²) in [5.74, 6) is -0.167. The van der Waals surface area contributed by atoms with Crippen molar-refractivity contribution in [2.24, 2.45) is 22.9 Å². The number of aliphatic hydroxyl groups excluding tert-OH is 3. The first-order valence-electron chi connectivity index (χ1n) is 22.7. The van der Waals surface area contributed by atoms with E-state index in [1.165, 1.54) is 0 Å². The number of thioether (sulfide) groups is 1. The third-order valence-corrected chi connectivity index (χ3v) is 12.9. The highest BCUT2D eigenvalue weighted by Crippen LogP contribution is 2.62. The number of unbranched alkanes of at least 4 members (excludes halogenated alkanes) is 2. The zero-order valence-corrected chi connectivity index (χ0v) is 38.1. The summed E-state index contributed by atoms with van der Waals surface area (Å²) >= 11 is 1.66. The van der Waals surface area contributed by atoms with Crippen molar-refractivity contribution in [2.75, 3.05) is 72.3 Å². The first kappa shape index (κ1) is 49.0. The van der Waals surface area contributed by atoms with E-state index in [0.29, 0.717) is 49.0 Å². The van der Waals surface area contributed by atoms with E-state index in [0.717, 1.165) is 47.3 Å². The van der Waals surface area contributed by atoms with Crippen molar-refractivity contribution in [3.05, 3.63) is 108 Å². The van der Waals surface area contributed by atoms with Crippen LogP contribution in [0.25, 0.3) is 0 Å². The lowest BCUT2D eigenvalue weighted by Crippen LogP contribution is -2.70. The number of hydrogen-bond donors (Lipinski definition) is 3. The Morgan fingerprint density at radius 3 is 2.41 bits per heavy atom. The van der Waals surface area contributed by atoms with Crippen LogP contribution in [0.2, 0.25) is 0 Å². The maximum atomic E-state index is 14.6. The molecule has 3 aromatic rings. The molecule has 6 rings (SSSR count). The minimum absolute atomic E-state index is 0.00107. The van der Waals surface area contributed by atoms with Gasteiger partial charge in [0.1, 0.15) is 36.5 Å². The highest BCUT2D eigenvalue weighted by atomic mass is 32.2. The Labute approximate surface area is 382 Å². The number of allylic oxidation sites excluding steroid dienone is 1. The molecule has 0 aromatic heterocycles. The van der Waals surface area contributed by atoms with Gasteiger partial charge in [-0.25, -0.2) is 4.79 Å². The average Bonchev–Trinajstić information content (AvgIpc) is 3.32. The topological polar surface area (TPSA) is 158 Å². The number of nitrogens with zero attached hydrogens (tertiary/aromatic N) is 2. The van der Waals surface area contributed by atoms with Crippen molar-refractivity contribution in [1.29, 1.82) is 0 Å². The van der Waals surface area contributed by atoms with Gasteiger partial charge in [-0.15, -0.1) is 18.3 Å². The van der Waals surface area contributed by atoms with Crippen LogP contribution in [0.15, 0.2) is 107 Å². The number of ether oxygens (including phenoxy) is 6. The summed E-state index contributed by atoms with van der Waals surface area (Å²) in [6.45, 7) is 7.20. The number of hydrogen-bond acceptors (Lipinski definition) is 13. The van der Waals surface area contributed by atoms with Crippen molar-refractivity contribution < 1.29 is 53.4 Å². The summed E-state index contributed by atoms with van der Waals surface area (Å²) in [7, 11) is 0. The zero-order chi connectivity index (χ0) is 45.2. The van der Waals surface area contributed by atoms with Crippen LogP contribution in [0.5, 0.6) is 17.2 Å². The Hall–Kier alpha value is -4.41. The van der Waals surface area contributed by atoms with Gasteiger partial charge >= 0.3 is 6.09 Å². The van der Waals surface area contributed by atoms with E-state index in [9.17, 15) is 20.1 Å². The Balaban J connectivity index is 1.47. The molecule has 3 N–H and O–H groups in total. The van der Waals surface area contributed by atoms with Crippen LogP contribution in [-0.4, -0.2) is 116 Å². The van der Waals surface area contributed by atoms with E-state index in [4.69, 9.17) is 38.4 Å². The number of carbonyl (C=O) groups excluding carboxylic acids is 1. The lowest BCUT2D eigenvalue weighted by atomic mass is 9.55. The number of carbonyl (C=O) groups is 1. The fourth-order valence-corrected chi connectivity index (χ4v) is 9.78. The molecule has 13 nitrogen and oxygen atoms in total. The molecule has 2 aliphatic carbocycles.